The van der Waals surface area contributed by atoms with E-state index in [0.29, 0.717) is 25.5 Å². The molecule has 0 saturated heterocycles. The van der Waals surface area contributed by atoms with Crippen LogP contribution in [0.25, 0.3) is 0 Å². The number of oxime groups is 1. The molecule has 0 spiro atoms. The number of anilines is 1. The van der Waals surface area contributed by atoms with E-state index in [4.69, 9.17) is 15.7 Å². The Kier molecular flexibility index (Phi) is 5.76. The normalized spacial score (nSPS) is 11.3. The Balaban J connectivity index is 2.71. The highest BCUT2D eigenvalue weighted by Crippen LogP contribution is 2.15. The maximum absolute atomic E-state index is 8.51. The molecule has 1 rings (SSSR count). The van der Waals surface area contributed by atoms with Crippen molar-refractivity contribution in [1.82, 2.24) is 4.98 Å². The predicted octanol–water partition coefficient (Wildman–Crippen LogP) is 1.44. The predicted molar refractivity (Wildman–Crippen MR) is 71.3 cm³/mol. The van der Waals surface area contributed by atoms with Crippen LogP contribution >= 0.6 is 0 Å². The summed E-state index contributed by atoms with van der Waals surface area (Å²) in [5, 5.41) is 11.5. The Morgan fingerprint density at radius 2 is 2.28 bits per heavy atom. The van der Waals surface area contributed by atoms with Crippen LogP contribution in [0.15, 0.2) is 23.4 Å². The first kappa shape index (κ1) is 14.1. The fraction of sp³-hybridized carbons (Fsp3) is 0.500. The smallest absolute Gasteiger partial charge is 0.215 e. The van der Waals surface area contributed by atoms with Crippen molar-refractivity contribution in [1.29, 1.82) is 0 Å². The Morgan fingerprint density at radius 1 is 1.50 bits per heavy atom. The van der Waals surface area contributed by atoms with Crippen LogP contribution in [-0.2, 0) is 0 Å². The van der Waals surface area contributed by atoms with Crippen molar-refractivity contribution in [3.05, 3.63) is 18.2 Å². The Hall–Kier alpha value is -1.98. The summed E-state index contributed by atoms with van der Waals surface area (Å²) in [4.78, 5) is 6.44. The third-order valence-corrected chi connectivity index (χ3v) is 2.47. The van der Waals surface area contributed by atoms with Gasteiger partial charge in [-0.1, -0.05) is 11.2 Å². The molecular weight excluding hydrogens is 232 g/mol. The summed E-state index contributed by atoms with van der Waals surface area (Å²) in [6.45, 7) is 5.98. The van der Waals surface area contributed by atoms with E-state index in [1.807, 2.05) is 36.9 Å². The van der Waals surface area contributed by atoms with E-state index < -0.39 is 0 Å². The molecule has 0 fully saturated rings. The molecule has 0 radical (unpaired) electrons. The number of pyridine rings is 1. The van der Waals surface area contributed by atoms with Crippen LogP contribution in [0.5, 0.6) is 5.88 Å². The summed E-state index contributed by atoms with van der Waals surface area (Å²) in [5.41, 5.74) is 5.46. The largest absolute Gasteiger partial charge is 0.478 e. The van der Waals surface area contributed by atoms with Crippen molar-refractivity contribution in [2.45, 2.75) is 20.3 Å². The fourth-order valence-electron chi connectivity index (χ4n) is 1.54. The Labute approximate surface area is 107 Å². The number of rotatable bonds is 7. The second kappa shape index (κ2) is 7.37. The lowest BCUT2D eigenvalue weighted by Crippen LogP contribution is -2.28. The quantitative estimate of drug-likeness (QED) is 0.332. The molecule has 18 heavy (non-hydrogen) atoms. The van der Waals surface area contributed by atoms with Crippen LogP contribution in [0.3, 0.4) is 0 Å². The summed E-state index contributed by atoms with van der Waals surface area (Å²) >= 11 is 0. The van der Waals surface area contributed by atoms with E-state index in [0.717, 1.165) is 12.4 Å². The molecule has 0 amide bonds. The number of ether oxygens (including phenoxy) is 1. The summed E-state index contributed by atoms with van der Waals surface area (Å²) in [7, 11) is 0. The summed E-state index contributed by atoms with van der Waals surface area (Å²) in [6, 6.07) is 5.64. The molecule has 3 N–H and O–H groups in total. The fourth-order valence-corrected chi connectivity index (χ4v) is 1.54. The monoisotopic (exact) mass is 252 g/mol. The van der Waals surface area contributed by atoms with Crippen molar-refractivity contribution in [3.63, 3.8) is 0 Å². The van der Waals surface area contributed by atoms with E-state index in [9.17, 15) is 0 Å². The first-order valence-corrected chi connectivity index (χ1v) is 6.02. The van der Waals surface area contributed by atoms with Gasteiger partial charge in [-0.3, -0.25) is 0 Å². The second-order valence-electron chi connectivity index (χ2n) is 3.69. The molecule has 0 aliphatic rings. The number of amidine groups is 1. The number of nitrogens with two attached hydrogens (primary N) is 1. The Bertz CT molecular complexity index is 395. The van der Waals surface area contributed by atoms with Gasteiger partial charge in [0.05, 0.1) is 6.61 Å². The van der Waals surface area contributed by atoms with E-state index >= 15 is 0 Å². The molecule has 0 saturated carbocycles. The van der Waals surface area contributed by atoms with Crippen LogP contribution in [0.2, 0.25) is 0 Å². The molecule has 6 nitrogen and oxygen atoms in total. The lowest BCUT2D eigenvalue weighted by molar-refractivity contribution is 0.317. The van der Waals surface area contributed by atoms with Gasteiger partial charge in [-0.05, 0) is 19.9 Å². The molecule has 0 atom stereocenters. The highest BCUT2D eigenvalue weighted by atomic mass is 16.5. The lowest BCUT2D eigenvalue weighted by atomic mass is 10.3. The molecule has 0 aromatic carbocycles. The minimum absolute atomic E-state index is 0.217. The molecule has 100 valence electrons. The summed E-state index contributed by atoms with van der Waals surface area (Å²) < 4.78 is 5.36. The first-order chi connectivity index (χ1) is 8.71. The molecule has 6 heteroatoms. The highest BCUT2D eigenvalue weighted by Gasteiger charge is 2.07. The third-order valence-electron chi connectivity index (χ3n) is 2.47. The molecule has 0 aliphatic heterocycles. The SMILES string of the molecule is CCOc1cccc(N(CC)CCC(N)=NO)n1. The van der Waals surface area contributed by atoms with Crippen LogP contribution < -0.4 is 15.4 Å². The minimum Gasteiger partial charge on any atom is -0.478 e. The molecule has 1 aromatic rings. The first-order valence-electron chi connectivity index (χ1n) is 6.02. The van der Waals surface area contributed by atoms with Crippen molar-refractivity contribution in [3.8, 4) is 5.88 Å². The van der Waals surface area contributed by atoms with Gasteiger partial charge in [0.1, 0.15) is 11.7 Å². The summed E-state index contributed by atoms with van der Waals surface area (Å²) in [6.07, 6.45) is 0.491. The molecule has 0 unspecified atom stereocenters. The molecule has 1 heterocycles. The zero-order chi connectivity index (χ0) is 13.4. The van der Waals surface area contributed by atoms with Gasteiger partial charge in [-0.2, -0.15) is 4.98 Å². The number of aromatic nitrogens is 1. The summed E-state index contributed by atoms with van der Waals surface area (Å²) in [5.74, 6) is 1.65. The van der Waals surface area contributed by atoms with Crippen molar-refractivity contribution in [2.24, 2.45) is 10.9 Å². The van der Waals surface area contributed by atoms with Gasteiger partial charge < -0.3 is 20.6 Å². The second-order valence-corrected chi connectivity index (χ2v) is 3.69. The number of nitrogens with zero attached hydrogens (tertiary/aromatic N) is 3. The topological polar surface area (TPSA) is 84.0 Å². The van der Waals surface area contributed by atoms with E-state index in [1.165, 1.54) is 0 Å². The lowest BCUT2D eigenvalue weighted by Gasteiger charge is -2.21. The zero-order valence-corrected chi connectivity index (χ0v) is 10.8. The van der Waals surface area contributed by atoms with Crippen LogP contribution in [-0.4, -0.2) is 35.7 Å². The third kappa shape index (κ3) is 4.12. The van der Waals surface area contributed by atoms with Gasteiger partial charge in [-0.25, -0.2) is 0 Å². The van der Waals surface area contributed by atoms with Gasteiger partial charge in [0.25, 0.3) is 0 Å². The zero-order valence-electron chi connectivity index (χ0n) is 10.8. The van der Waals surface area contributed by atoms with Gasteiger partial charge in [-0.15, -0.1) is 0 Å². The maximum Gasteiger partial charge on any atom is 0.215 e. The Morgan fingerprint density at radius 3 is 2.89 bits per heavy atom. The van der Waals surface area contributed by atoms with E-state index in [-0.39, 0.29) is 5.84 Å². The van der Waals surface area contributed by atoms with Crippen LogP contribution in [0.4, 0.5) is 5.82 Å². The van der Waals surface area contributed by atoms with Crippen LogP contribution in [0, 0.1) is 0 Å². The molecule has 0 bridgehead atoms. The number of hydrogen-bond acceptors (Lipinski definition) is 5. The van der Waals surface area contributed by atoms with Gasteiger partial charge >= 0.3 is 0 Å². The van der Waals surface area contributed by atoms with Crippen molar-refractivity contribution >= 4 is 11.7 Å². The molecule has 1 aromatic heterocycles. The average Bonchev–Trinajstić information content (AvgIpc) is 2.40. The van der Waals surface area contributed by atoms with E-state index in [1.54, 1.807) is 0 Å². The van der Waals surface area contributed by atoms with Gasteiger partial charge in [0.15, 0.2) is 0 Å². The number of hydrogen-bond donors (Lipinski definition) is 2. The standard InChI is InChI=1S/C12H20N4O2/c1-3-16(9-8-10(13)15-17)11-6-5-7-12(14-11)18-4-2/h5-7,17H,3-4,8-9H2,1-2H3,(H2,13,15). The highest BCUT2D eigenvalue weighted by molar-refractivity contribution is 5.80. The van der Waals surface area contributed by atoms with E-state index in [2.05, 4.69) is 10.1 Å². The molecule has 0 aliphatic carbocycles. The minimum atomic E-state index is 0.217. The van der Waals surface area contributed by atoms with Gasteiger partial charge in [0, 0.05) is 25.6 Å². The van der Waals surface area contributed by atoms with Gasteiger partial charge in [0.2, 0.25) is 5.88 Å². The van der Waals surface area contributed by atoms with Crippen LogP contribution in [0.1, 0.15) is 20.3 Å². The average molecular weight is 252 g/mol. The maximum atomic E-state index is 8.51. The van der Waals surface area contributed by atoms with Crippen molar-refractivity contribution < 1.29 is 9.94 Å². The molecular formula is C12H20N4O2. The van der Waals surface area contributed by atoms with Crippen molar-refractivity contribution in [2.75, 3.05) is 24.6 Å².